The van der Waals surface area contributed by atoms with Gasteiger partial charge < -0.3 is 11.1 Å². The van der Waals surface area contributed by atoms with Crippen molar-refractivity contribution in [3.05, 3.63) is 0 Å². The van der Waals surface area contributed by atoms with Crippen LogP contribution in [0.1, 0.15) is 123 Å². The highest BCUT2D eigenvalue weighted by atomic mass is 16.1. The number of carbonyl (C=O) groups excluding carboxylic acids is 1. The lowest BCUT2D eigenvalue weighted by Crippen LogP contribution is -2.40. The van der Waals surface area contributed by atoms with Gasteiger partial charge in [-0.15, -0.1) is 0 Å². The number of hydrogen-bond donors (Lipinski definition) is 2. The fraction of sp³-hybridized carbons (Fsp3) is 0.952. The third kappa shape index (κ3) is 17.8. The normalized spacial score (nSPS) is 12.3. The van der Waals surface area contributed by atoms with Crippen molar-refractivity contribution < 1.29 is 4.79 Å². The van der Waals surface area contributed by atoms with Gasteiger partial charge in [0, 0.05) is 6.42 Å². The first-order valence-electron chi connectivity index (χ1n) is 10.8. The van der Waals surface area contributed by atoms with E-state index in [0.29, 0.717) is 6.42 Å². The van der Waals surface area contributed by atoms with Gasteiger partial charge in [-0.05, 0) is 12.8 Å². The van der Waals surface area contributed by atoms with Crippen LogP contribution in [0.15, 0.2) is 0 Å². The summed E-state index contributed by atoms with van der Waals surface area (Å²) in [5.41, 5.74) is 5.70. The highest BCUT2D eigenvalue weighted by Gasteiger charge is 2.04. The Hall–Kier alpha value is -0.570. The maximum Gasteiger partial charge on any atom is 0.221 e. The average Bonchev–Trinajstić information content (AvgIpc) is 2.58. The van der Waals surface area contributed by atoms with Crippen LogP contribution in [0.25, 0.3) is 0 Å². The highest BCUT2D eigenvalue weighted by Crippen LogP contribution is 2.13. The SMILES string of the molecule is CCCCCCCCCCCCCCCCCC(=O)NC(N)CC. The summed E-state index contributed by atoms with van der Waals surface area (Å²) in [6.07, 6.45) is 21.6. The summed E-state index contributed by atoms with van der Waals surface area (Å²) in [6.45, 7) is 4.26. The van der Waals surface area contributed by atoms with Gasteiger partial charge in [-0.25, -0.2) is 0 Å². The maximum absolute atomic E-state index is 11.6. The molecule has 0 spiro atoms. The number of amides is 1. The summed E-state index contributed by atoms with van der Waals surface area (Å²) in [6, 6.07) is 0. The van der Waals surface area contributed by atoms with E-state index in [1.165, 1.54) is 89.9 Å². The molecular formula is C21H44N2O. The minimum Gasteiger partial charge on any atom is -0.341 e. The third-order valence-corrected chi connectivity index (χ3v) is 4.79. The number of carbonyl (C=O) groups is 1. The first-order chi connectivity index (χ1) is 11.7. The molecule has 3 N–H and O–H groups in total. The van der Waals surface area contributed by atoms with Crippen molar-refractivity contribution in [2.75, 3.05) is 0 Å². The Morgan fingerprint density at radius 2 is 1.08 bits per heavy atom. The van der Waals surface area contributed by atoms with Crippen molar-refractivity contribution in [1.29, 1.82) is 0 Å². The average molecular weight is 341 g/mol. The van der Waals surface area contributed by atoms with Crippen LogP contribution in [0, 0.1) is 0 Å². The molecule has 0 fully saturated rings. The quantitative estimate of drug-likeness (QED) is 0.235. The molecule has 0 saturated heterocycles. The van der Waals surface area contributed by atoms with E-state index < -0.39 is 0 Å². The molecule has 0 saturated carbocycles. The molecular weight excluding hydrogens is 296 g/mol. The second-order valence-corrected chi connectivity index (χ2v) is 7.28. The zero-order chi connectivity index (χ0) is 17.9. The first-order valence-corrected chi connectivity index (χ1v) is 10.8. The highest BCUT2D eigenvalue weighted by molar-refractivity contribution is 5.76. The second kappa shape index (κ2) is 18.8. The van der Waals surface area contributed by atoms with Gasteiger partial charge in [0.1, 0.15) is 0 Å². The number of unbranched alkanes of at least 4 members (excludes halogenated alkanes) is 14. The van der Waals surface area contributed by atoms with E-state index in [1.807, 2.05) is 6.92 Å². The van der Waals surface area contributed by atoms with Gasteiger partial charge in [0.25, 0.3) is 0 Å². The summed E-state index contributed by atoms with van der Waals surface area (Å²) in [5, 5.41) is 2.82. The molecule has 0 aromatic heterocycles. The minimum atomic E-state index is -0.172. The van der Waals surface area contributed by atoms with Crippen LogP contribution in [-0.2, 0) is 4.79 Å². The first kappa shape index (κ1) is 23.4. The lowest BCUT2D eigenvalue weighted by Gasteiger charge is -2.10. The maximum atomic E-state index is 11.6. The zero-order valence-electron chi connectivity index (χ0n) is 16.6. The Labute approximate surface area is 151 Å². The molecule has 1 amide bonds. The van der Waals surface area contributed by atoms with Gasteiger partial charge in [-0.1, -0.05) is 104 Å². The van der Waals surface area contributed by atoms with Crippen molar-refractivity contribution in [2.45, 2.75) is 129 Å². The Kier molecular flexibility index (Phi) is 18.3. The van der Waals surface area contributed by atoms with Crippen molar-refractivity contribution in [1.82, 2.24) is 5.32 Å². The van der Waals surface area contributed by atoms with Crippen LogP contribution >= 0.6 is 0 Å². The van der Waals surface area contributed by atoms with Crippen LogP contribution in [0.3, 0.4) is 0 Å². The van der Waals surface area contributed by atoms with E-state index in [9.17, 15) is 4.79 Å². The number of rotatable bonds is 18. The fourth-order valence-electron chi connectivity index (χ4n) is 3.04. The molecule has 3 nitrogen and oxygen atoms in total. The molecule has 0 aliphatic carbocycles. The summed E-state index contributed by atoms with van der Waals surface area (Å²) in [7, 11) is 0. The Balaban J connectivity index is 3.11. The van der Waals surface area contributed by atoms with E-state index in [-0.39, 0.29) is 12.1 Å². The topological polar surface area (TPSA) is 55.1 Å². The fourth-order valence-corrected chi connectivity index (χ4v) is 3.04. The van der Waals surface area contributed by atoms with Crippen molar-refractivity contribution in [2.24, 2.45) is 5.73 Å². The molecule has 24 heavy (non-hydrogen) atoms. The van der Waals surface area contributed by atoms with E-state index in [0.717, 1.165) is 12.8 Å². The van der Waals surface area contributed by atoms with Crippen LogP contribution < -0.4 is 11.1 Å². The molecule has 0 rings (SSSR count). The molecule has 1 unspecified atom stereocenters. The molecule has 0 heterocycles. The Morgan fingerprint density at radius 3 is 1.46 bits per heavy atom. The van der Waals surface area contributed by atoms with E-state index in [2.05, 4.69) is 12.2 Å². The summed E-state index contributed by atoms with van der Waals surface area (Å²) in [4.78, 5) is 11.6. The number of nitrogens with two attached hydrogens (primary N) is 1. The van der Waals surface area contributed by atoms with Crippen molar-refractivity contribution in [3.8, 4) is 0 Å². The van der Waals surface area contributed by atoms with Gasteiger partial charge in [-0.3, -0.25) is 4.79 Å². The van der Waals surface area contributed by atoms with Gasteiger partial charge in [0.15, 0.2) is 0 Å². The molecule has 0 radical (unpaired) electrons. The van der Waals surface area contributed by atoms with E-state index >= 15 is 0 Å². The summed E-state index contributed by atoms with van der Waals surface area (Å²) >= 11 is 0. The summed E-state index contributed by atoms with van der Waals surface area (Å²) < 4.78 is 0. The number of nitrogens with one attached hydrogen (secondary N) is 1. The van der Waals surface area contributed by atoms with E-state index in [1.54, 1.807) is 0 Å². The van der Waals surface area contributed by atoms with Gasteiger partial charge in [0.2, 0.25) is 5.91 Å². The van der Waals surface area contributed by atoms with Crippen molar-refractivity contribution in [3.63, 3.8) is 0 Å². The molecule has 0 bridgehead atoms. The number of hydrogen-bond acceptors (Lipinski definition) is 2. The zero-order valence-corrected chi connectivity index (χ0v) is 16.6. The van der Waals surface area contributed by atoms with E-state index in [4.69, 9.17) is 5.73 Å². The Morgan fingerprint density at radius 1 is 0.708 bits per heavy atom. The van der Waals surface area contributed by atoms with Crippen LogP contribution in [0.4, 0.5) is 0 Å². The third-order valence-electron chi connectivity index (χ3n) is 4.79. The molecule has 0 aliphatic rings. The lowest BCUT2D eigenvalue weighted by molar-refractivity contribution is -0.121. The van der Waals surface area contributed by atoms with Gasteiger partial charge in [-0.2, -0.15) is 0 Å². The van der Waals surface area contributed by atoms with Gasteiger partial charge in [0.05, 0.1) is 6.17 Å². The molecule has 0 aromatic rings. The lowest BCUT2D eigenvalue weighted by atomic mass is 10.0. The largest absolute Gasteiger partial charge is 0.341 e. The molecule has 3 heteroatoms. The molecule has 0 aromatic carbocycles. The predicted molar refractivity (Wildman–Crippen MR) is 106 cm³/mol. The Bertz CT molecular complexity index is 269. The summed E-state index contributed by atoms with van der Waals surface area (Å²) in [5.74, 6) is 0.110. The van der Waals surface area contributed by atoms with Gasteiger partial charge >= 0.3 is 0 Å². The molecule has 144 valence electrons. The molecule has 0 aliphatic heterocycles. The van der Waals surface area contributed by atoms with Crippen LogP contribution in [0.2, 0.25) is 0 Å². The second-order valence-electron chi connectivity index (χ2n) is 7.28. The smallest absolute Gasteiger partial charge is 0.221 e. The van der Waals surface area contributed by atoms with Crippen molar-refractivity contribution >= 4 is 5.91 Å². The minimum absolute atomic E-state index is 0.110. The van der Waals surface area contributed by atoms with Crippen LogP contribution in [0.5, 0.6) is 0 Å². The standard InChI is InChI=1S/C21H44N2O/c1-3-5-6-7-8-9-10-11-12-13-14-15-16-17-18-19-21(24)23-20(22)4-2/h20H,3-19,22H2,1-2H3,(H,23,24). The monoisotopic (exact) mass is 340 g/mol. The van der Waals surface area contributed by atoms with Crippen LogP contribution in [-0.4, -0.2) is 12.1 Å². The predicted octanol–water partition coefficient (Wildman–Crippen LogP) is 6.06. The molecule has 1 atom stereocenters.